The first-order valence-corrected chi connectivity index (χ1v) is 2.86. The maximum absolute atomic E-state index is 5.01. The van der Waals surface area contributed by atoms with Crippen LogP contribution >= 0.6 is 0 Å². The maximum Gasteiger partial charge on any atom is 0.104 e. The molecule has 0 aliphatic heterocycles. The van der Waals surface area contributed by atoms with E-state index in [-0.39, 0.29) is 6.10 Å². The van der Waals surface area contributed by atoms with Crippen molar-refractivity contribution in [3.63, 3.8) is 0 Å². The molecule has 3 heteroatoms. The van der Waals surface area contributed by atoms with E-state index in [0.717, 1.165) is 6.32 Å². The highest BCUT2D eigenvalue weighted by Crippen LogP contribution is 1.92. The Kier molecular flexibility index (Phi) is 5.12. The summed E-state index contributed by atoms with van der Waals surface area (Å²) in [5.41, 5.74) is 0. The van der Waals surface area contributed by atoms with Gasteiger partial charge in [0.05, 0.1) is 12.7 Å². The molecular formula is C5H13BO2. The Morgan fingerprint density at radius 3 is 2.25 bits per heavy atom. The fraction of sp³-hybridized carbons (Fsp3) is 1.00. The zero-order chi connectivity index (χ0) is 6.41. The van der Waals surface area contributed by atoms with Crippen LogP contribution in [0.15, 0.2) is 0 Å². The van der Waals surface area contributed by atoms with Crippen LogP contribution < -0.4 is 0 Å². The Bertz CT molecular complexity index is 45.7. The molecule has 0 rings (SSSR count). The van der Waals surface area contributed by atoms with E-state index >= 15 is 0 Å². The Hall–Kier alpha value is -0.0151. The van der Waals surface area contributed by atoms with Crippen LogP contribution in [0.1, 0.15) is 0 Å². The summed E-state index contributed by atoms with van der Waals surface area (Å²) in [7, 11) is 5.46. The van der Waals surface area contributed by atoms with Crippen LogP contribution in [-0.4, -0.2) is 34.8 Å². The average molecular weight is 116 g/mol. The van der Waals surface area contributed by atoms with Crippen molar-refractivity contribution in [2.75, 3.05) is 20.8 Å². The van der Waals surface area contributed by atoms with E-state index < -0.39 is 0 Å². The lowest BCUT2D eigenvalue weighted by molar-refractivity contribution is 0.0406. The summed E-state index contributed by atoms with van der Waals surface area (Å²) in [6, 6.07) is 0. The maximum atomic E-state index is 5.01. The van der Waals surface area contributed by atoms with Crippen LogP contribution in [0.5, 0.6) is 0 Å². The molecule has 0 radical (unpaired) electrons. The molecule has 48 valence electrons. The Morgan fingerprint density at radius 2 is 2.12 bits per heavy atom. The lowest BCUT2D eigenvalue weighted by atomic mass is 10.0. The second-order valence-corrected chi connectivity index (χ2v) is 1.72. The SMILES string of the molecule is BCC(COC)OC. The van der Waals surface area contributed by atoms with Gasteiger partial charge >= 0.3 is 0 Å². The van der Waals surface area contributed by atoms with Crippen LogP contribution in [-0.2, 0) is 9.47 Å². The van der Waals surface area contributed by atoms with E-state index in [2.05, 4.69) is 7.85 Å². The van der Waals surface area contributed by atoms with Crippen LogP contribution in [0, 0.1) is 0 Å². The monoisotopic (exact) mass is 116 g/mol. The minimum Gasteiger partial charge on any atom is -0.382 e. The molecule has 0 spiro atoms. The van der Waals surface area contributed by atoms with Crippen LogP contribution in [0.25, 0.3) is 0 Å². The molecule has 1 unspecified atom stereocenters. The number of hydrogen-bond donors (Lipinski definition) is 0. The summed E-state index contributed by atoms with van der Waals surface area (Å²) in [4.78, 5) is 0. The summed E-state index contributed by atoms with van der Waals surface area (Å²) in [6.45, 7) is 0.701. The van der Waals surface area contributed by atoms with Crippen LogP contribution in [0.4, 0.5) is 0 Å². The van der Waals surface area contributed by atoms with E-state index in [4.69, 9.17) is 9.47 Å². The second-order valence-electron chi connectivity index (χ2n) is 1.72. The molecular weight excluding hydrogens is 103 g/mol. The van der Waals surface area contributed by atoms with Gasteiger partial charge in [0.2, 0.25) is 0 Å². The second kappa shape index (κ2) is 5.13. The van der Waals surface area contributed by atoms with Gasteiger partial charge in [-0.15, -0.1) is 0 Å². The van der Waals surface area contributed by atoms with Gasteiger partial charge in [0, 0.05) is 14.2 Å². The van der Waals surface area contributed by atoms with Gasteiger partial charge in [-0.25, -0.2) is 0 Å². The van der Waals surface area contributed by atoms with Crippen molar-refractivity contribution in [1.82, 2.24) is 0 Å². The number of hydrogen-bond acceptors (Lipinski definition) is 2. The number of rotatable bonds is 4. The normalized spacial score (nSPS) is 13.8. The average Bonchev–Trinajstić information content (AvgIpc) is 1.83. The predicted octanol–water partition coefficient (Wildman–Crippen LogP) is -0.301. The van der Waals surface area contributed by atoms with E-state index in [1.165, 1.54) is 0 Å². The predicted molar refractivity (Wildman–Crippen MR) is 36.0 cm³/mol. The van der Waals surface area contributed by atoms with E-state index in [9.17, 15) is 0 Å². The summed E-state index contributed by atoms with van der Waals surface area (Å²) in [6.07, 6.45) is 1.30. The van der Waals surface area contributed by atoms with Gasteiger partial charge in [-0.2, -0.15) is 0 Å². The lowest BCUT2D eigenvalue weighted by Gasteiger charge is -2.09. The molecule has 2 nitrogen and oxygen atoms in total. The van der Waals surface area contributed by atoms with Crippen LogP contribution in [0.2, 0.25) is 6.32 Å². The largest absolute Gasteiger partial charge is 0.382 e. The molecule has 0 amide bonds. The summed E-state index contributed by atoms with van der Waals surface area (Å²) < 4.78 is 9.88. The first-order valence-electron chi connectivity index (χ1n) is 2.86. The van der Waals surface area contributed by atoms with Gasteiger partial charge in [-0.1, -0.05) is 6.32 Å². The lowest BCUT2D eigenvalue weighted by Crippen LogP contribution is -2.15. The summed E-state index contributed by atoms with van der Waals surface area (Å²) >= 11 is 0. The molecule has 0 saturated heterocycles. The van der Waals surface area contributed by atoms with Gasteiger partial charge in [0.15, 0.2) is 0 Å². The quantitative estimate of drug-likeness (QED) is 0.469. The fourth-order valence-corrected chi connectivity index (χ4v) is 0.538. The highest BCUT2D eigenvalue weighted by atomic mass is 16.5. The summed E-state index contributed by atoms with van der Waals surface area (Å²) in [5, 5.41) is 0. The van der Waals surface area contributed by atoms with Crippen LogP contribution in [0.3, 0.4) is 0 Å². The van der Waals surface area contributed by atoms with E-state index in [0.29, 0.717) is 6.61 Å². The Balaban J connectivity index is 3.07. The number of methoxy groups -OCH3 is 2. The van der Waals surface area contributed by atoms with Gasteiger partial charge < -0.3 is 9.47 Å². The zero-order valence-electron chi connectivity index (χ0n) is 5.81. The first kappa shape index (κ1) is 7.98. The van der Waals surface area contributed by atoms with E-state index in [1.807, 2.05) is 0 Å². The van der Waals surface area contributed by atoms with Crippen molar-refractivity contribution in [2.45, 2.75) is 12.4 Å². The van der Waals surface area contributed by atoms with Crippen molar-refractivity contribution in [1.29, 1.82) is 0 Å². The molecule has 0 saturated carbocycles. The molecule has 0 fully saturated rings. The topological polar surface area (TPSA) is 18.5 Å². The molecule has 0 aliphatic rings. The minimum absolute atomic E-state index is 0.278. The highest BCUT2D eigenvalue weighted by molar-refractivity contribution is 6.08. The molecule has 0 aromatic rings. The molecule has 0 aromatic heterocycles. The van der Waals surface area contributed by atoms with Crippen molar-refractivity contribution in [2.24, 2.45) is 0 Å². The van der Waals surface area contributed by atoms with Gasteiger partial charge in [0.1, 0.15) is 7.85 Å². The van der Waals surface area contributed by atoms with Gasteiger partial charge in [0.25, 0.3) is 0 Å². The molecule has 0 heterocycles. The summed E-state index contributed by atoms with van der Waals surface area (Å²) in [5.74, 6) is 0. The van der Waals surface area contributed by atoms with Crippen molar-refractivity contribution in [3.05, 3.63) is 0 Å². The fourth-order valence-electron chi connectivity index (χ4n) is 0.538. The smallest absolute Gasteiger partial charge is 0.104 e. The van der Waals surface area contributed by atoms with Crippen molar-refractivity contribution >= 4 is 7.85 Å². The van der Waals surface area contributed by atoms with Gasteiger partial charge in [-0.3, -0.25) is 0 Å². The van der Waals surface area contributed by atoms with Crippen molar-refractivity contribution < 1.29 is 9.47 Å². The molecule has 0 N–H and O–H groups in total. The van der Waals surface area contributed by atoms with E-state index in [1.54, 1.807) is 14.2 Å². The third-order valence-electron chi connectivity index (χ3n) is 1.14. The van der Waals surface area contributed by atoms with Crippen molar-refractivity contribution in [3.8, 4) is 0 Å². The third kappa shape index (κ3) is 3.05. The molecule has 0 aromatic carbocycles. The minimum atomic E-state index is 0.278. The highest BCUT2D eigenvalue weighted by Gasteiger charge is 2.00. The molecule has 0 bridgehead atoms. The zero-order valence-corrected chi connectivity index (χ0v) is 5.81. The standard InChI is InChI=1S/C5H13BO2/c1-7-4-5(3-6)8-2/h5H,3-4,6H2,1-2H3. The van der Waals surface area contributed by atoms with Gasteiger partial charge in [-0.05, 0) is 0 Å². The first-order chi connectivity index (χ1) is 3.85. The Morgan fingerprint density at radius 1 is 1.50 bits per heavy atom. The molecule has 8 heavy (non-hydrogen) atoms. The third-order valence-corrected chi connectivity index (χ3v) is 1.14. The molecule has 1 atom stereocenters. The molecule has 0 aliphatic carbocycles. The Labute approximate surface area is 51.6 Å². The number of ether oxygens (including phenoxy) is 2.